The van der Waals surface area contributed by atoms with E-state index in [9.17, 15) is 4.79 Å². The molecule has 0 aliphatic heterocycles. The molecule has 3 aromatic rings. The molecule has 1 amide bonds. The molecule has 1 heterocycles. The lowest BCUT2D eigenvalue weighted by Gasteiger charge is -2.18. The summed E-state index contributed by atoms with van der Waals surface area (Å²) in [5.74, 6) is 0.524. The molecule has 0 bridgehead atoms. The van der Waals surface area contributed by atoms with Crippen LogP contribution in [0.2, 0.25) is 0 Å². The molecule has 0 atom stereocenters. The van der Waals surface area contributed by atoms with E-state index in [1.807, 2.05) is 41.0 Å². The molecular formula is C20H22N2O2S. The van der Waals surface area contributed by atoms with Crippen molar-refractivity contribution in [3.63, 3.8) is 0 Å². The number of carbonyl (C=O) groups excluding carboxylic acids is 1. The van der Waals surface area contributed by atoms with Crippen LogP contribution in [0, 0.1) is 4.84 Å². The van der Waals surface area contributed by atoms with Crippen molar-refractivity contribution in [3.8, 4) is 0 Å². The third-order valence-electron chi connectivity index (χ3n) is 4.44. The minimum atomic E-state index is 0.0458. The summed E-state index contributed by atoms with van der Waals surface area (Å²) in [5.41, 5.74) is 3.83. The maximum Gasteiger partial charge on any atom is 0.269 e. The predicted octanol–water partition coefficient (Wildman–Crippen LogP) is 5.14. The average molecular weight is 354 g/mol. The van der Waals surface area contributed by atoms with Gasteiger partial charge in [0, 0.05) is 25.7 Å². The van der Waals surface area contributed by atoms with Crippen LogP contribution in [-0.4, -0.2) is 17.5 Å². The second kappa shape index (κ2) is 7.23. The highest BCUT2D eigenvalue weighted by molar-refractivity contribution is 7.71. The lowest BCUT2D eigenvalue weighted by atomic mass is 10.0. The Hall–Kier alpha value is -2.40. The van der Waals surface area contributed by atoms with Crippen LogP contribution in [0.15, 0.2) is 52.9 Å². The number of para-hydroxylation sites is 2. The Labute approximate surface area is 152 Å². The Bertz CT molecular complexity index is 938. The zero-order valence-electron chi connectivity index (χ0n) is 14.7. The van der Waals surface area contributed by atoms with Crippen molar-refractivity contribution in [1.82, 2.24) is 4.57 Å². The maximum absolute atomic E-state index is 12.6. The lowest BCUT2D eigenvalue weighted by Crippen LogP contribution is -2.27. The molecule has 0 fully saturated rings. The van der Waals surface area contributed by atoms with E-state index in [1.54, 1.807) is 11.9 Å². The average Bonchev–Trinajstić information content (AvgIpc) is 2.94. The number of aromatic nitrogens is 1. The van der Waals surface area contributed by atoms with Crippen molar-refractivity contribution in [1.29, 1.82) is 0 Å². The summed E-state index contributed by atoms with van der Waals surface area (Å²) in [6, 6.07) is 15.8. The summed E-state index contributed by atoms with van der Waals surface area (Å²) >= 11 is 5.27. The number of hydrogen-bond acceptors (Lipinski definition) is 3. The number of rotatable bonds is 5. The molecule has 4 nitrogen and oxygen atoms in total. The van der Waals surface area contributed by atoms with Crippen molar-refractivity contribution in [2.75, 3.05) is 11.9 Å². The fourth-order valence-corrected chi connectivity index (χ4v) is 3.11. The van der Waals surface area contributed by atoms with Crippen LogP contribution in [-0.2, 0) is 11.3 Å². The van der Waals surface area contributed by atoms with Crippen LogP contribution in [0.1, 0.15) is 31.7 Å². The highest BCUT2D eigenvalue weighted by Crippen LogP contribution is 2.21. The second-order valence-corrected chi connectivity index (χ2v) is 6.79. The number of benzene rings is 2. The number of aryl methyl sites for hydroxylation is 1. The van der Waals surface area contributed by atoms with Gasteiger partial charge in [-0.2, -0.15) is 0 Å². The van der Waals surface area contributed by atoms with E-state index in [-0.39, 0.29) is 5.91 Å². The first kappa shape index (κ1) is 17.4. The number of hydrogen-bond donors (Lipinski definition) is 0. The third kappa shape index (κ3) is 3.66. The van der Waals surface area contributed by atoms with Gasteiger partial charge in [0.2, 0.25) is 5.91 Å². The molecule has 2 aromatic carbocycles. The van der Waals surface area contributed by atoms with Crippen molar-refractivity contribution < 1.29 is 9.21 Å². The fourth-order valence-electron chi connectivity index (χ4n) is 2.83. The topological polar surface area (TPSA) is 38.4 Å². The Kier molecular flexibility index (Phi) is 5.04. The van der Waals surface area contributed by atoms with Gasteiger partial charge in [-0.05, 0) is 48.0 Å². The number of anilines is 1. The molecule has 3 rings (SSSR count). The maximum atomic E-state index is 12.6. The number of fused-ring (bicyclic) bond motifs is 1. The third-order valence-corrected chi connectivity index (χ3v) is 4.75. The summed E-state index contributed by atoms with van der Waals surface area (Å²) < 4.78 is 7.44. The van der Waals surface area contributed by atoms with E-state index in [0.717, 1.165) is 16.8 Å². The first-order valence-corrected chi connectivity index (χ1v) is 8.83. The van der Waals surface area contributed by atoms with Crippen molar-refractivity contribution in [2.24, 2.45) is 0 Å². The van der Waals surface area contributed by atoms with Gasteiger partial charge in [-0.15, -0.1) is 0 Å². The molecule has 0 N–H and O–H groups in total. The van der Waals surface area contributed by atoms with Crippen LogP contribution in [0.3, 0.4) is 0 Å². The first-order chi connectivity index (χ1) is 12.0. The van der Waals surface area contributed by atoms with Crippen LogP contribution < -0.4 is 4.90 Å². The summed E-state index contributed by atoms with van der Waals surface area (Å²) in [5, 5.41) is 0. The summed E-state index contributed by atoms with van der Waals surface area (Å²) in [7, 11) is 1.81. The number of amides is 1. The molecule has 1 aromatic heterocycles. The second-order valence-electron chi connectivity index (χ2n) is 6.44. The molecule has 0 saturated carbocycles. The molecule has 0 unspecified atom stereocenters. The van der Waals surface area contributed by atoms with Crippen LogP contribution in [0.5, 0.6) is 0 Å². The van der Waals surface area contributed by atoms with Gasteiger partial charge >= 0.3 is 0 Å². The SMILES string of the molecule is CC(C)c1ccc(N(C)C(=O)CCn2c(=S)oc3ccccc32)cc1. The number of oxazole rings is 1. The van der Waals surface area contributed by atoms with E-state index < -0.39 is 0 Å². The van der Waals surface area contributed by atoms with Crippen LogP contribution in [0.4, 0.5) is 5.69 Å². The van der Waals surface area contributed by atoms with E-state index in [4.69, 9.17) is 16.6 Å². The standard InChI is InChI=1S/C20H22N2O2S/c1-14(2)15-8-10-16(11-9-15)21(3)19(23)12-13-22-17-6-4-5-7-18(17)24-20(22)25/h4-11,14H,12-13H2,1-3H3. The highest BCUT2D eigenvalue weighted by Gasteiger charge is 2.13. The van der Waals surface area contributed by atoms with E-state index >= 15 is 0 Å². The van der Waals surface area contributed by atoms with Gasteiger partial charge in [0.1, 0.15) is 0 Å². The summed E-state index contributed by atoms with van der Waals surface area (Å²) in [6.07, 6.45) is 0.361. The van der Waals surface area contributed by atoms with Gasteiger partial charge in [0.05, 0.1) is 5.52 Å². The molecule has 0 spiro atoms. The monoisotopic (exact) mass is 354 g/mol. The molecule has 130 valence electrons. The fraction of sp³-hybridized carbons (Fsp3) is 0.300. The number of nitrogens with zero attached hydrogens (tertiary/aromatic N) is 2. The van der Waals surface area contributed by atoms with Gasteiger partial charge in [-0.1, -0.05) is 38.1 Å². The Balaban J connectivity index is 1.71. The molecule has 0 aliphatic rings. The molecule has 0 aliphatic carbocycles. The molecule has 25 heavy (non-hydrogen) atoms. The van der Waals surface area contributed by atoms with Crippen LogP contribution in [0.25, 0.3) is 11.1 Å². The van der Waals surface area contributed by atoms with Gasteiger partial charge in [0.15, 0.2) is 5.58 Å². The predicted molar refractivity (Wildman–Crippen MR) is 104 cm³/mol. The summed E-state index contributed by atoms with van der Waals surface area (Å²) in [4.78, 5) is 14.6. The smallest absolute Gasteiger partial charge is 0.269 e. The molecule has 0 saturated heterocycles. The van der Waals surface area contributed by atoms with E-state index in [1.165, 1.54) is 5.56 Å². The molecule has 0 radical (unpaired) electrons. The molecule has 5 heteroatoms. The number of carbonyl (C=O) groups is 1. The zero-order valence-corrected chi connectivity index (χ0v) is 15.5. The van der Waals surface area contributed by atoms with E-state index in [2.05, 4.69) is 26.0 Å². The lowest BCUT2D eigenvalue weighted by molar-refractivity contribution is -0.118. The summed E-state index contributed by atoms with van der Waals surface area (Å²) in [6.45, 7) is 4.81. The zero-order chi connectivity index (χ0) is 18.0. The van der Waals surface area contributed by atoms with Gasteiger partial charge in [-0.25, -0.2) is 0 Å². The minimum Gasteiger partial charge on any atom is -0.429 e. The minimum absolute atomic E-state index is 0.0458. The van der Waals surface area contributed by atoms with Gasteiger partial charge in [0.25, 0.3) is 4.84 Å². The normalized spacial score (nSPS) is 11.2. The van der Waals surface area contributed by atoms with Crippen molar-refractivity contribution in [3.05, 3.63) is 58.9 Å². The van der Waals surface area contributed by atoms with Gasteiger partial charge in [-0.3, -0.25) is 9.36 Å². The van der Waals surface area contributed by atoms with Crippen molar-refractivity contribution in [2.45, 2.75) is 32.7 Å². The highest BCUT2D eigenvalue weighted by atomic mass is 32.1. The van der Waals surface area contributed by atoms with E-state index in [0.29, 0.717) is 23.7 Å². The molecular weight excluding hydrogens is 332 g/mol. The van der Waals surface area contributed by atoms with Crippen molar-refractivity contribution >= 4 is 34.9 Å². The quantitative estimate of drug-likeness (QED) is 0.595. The van der Waals surface area contributed by atoms with Crippen LogP contribution >= 0.6 is 12.2 Å². The Morgan fingerprint density at radius 2 is 1.84 bits per heavy atom. The Morgan fingerprint density at radius 1 is 1.16 bits per heavy atom. The first-order valence-electron chi connectivity index (χ1n) is 8.42. The largest absolute Gasteiger partial charge is 0.429 e. The van der Waals surface area contributed by atoms with Gasteiger partial charge < -0.3 is 9.32 Å². The Morgan fingerprint density at radius 3 is 2.52 bits per heavy atom.